The number of aromatic amines is 1. The fraction of sp³-hybridized carbons (Fsp3) is 0.583. The predicted octanol–water partition coefficient (Wildman–Crippen LogP) is 4.80. The van der Waals surface area contributed by atoms with Crippen molar-refractivity contribution < 1.29 is 23.0 Å². The van der Waals surface area contributed by atoms with Gasteiger partial charge in [0.25, 0.3) is 5.56 Å². The van der Waals surface area contributed by atoms with Crippen LogP contribution in [0.15, 0.2) is 35.1 Å². The van der Waals surface area contributed by atoms with Crippen LogP contribution < -0.4 is 20.9 Å². The van der Waals surface area contributed by atoms with Crippen LogP contribution in [0.1, 0.15) is 50.8 Å². The van der Waals surface area contributed by atoms with E-state index in [0.29, 0.717) is 77.5 Å². The van der Waals surface area contributed by atoms with Crippen LogP contribution in [-0.2, 0) is 15.3 Å². The Morgan fingerprint density at radius 1 is 0.980 bits per heavy atom. The molecule has 1 aromatic heterocycles. The van der Waals surface area contributed by atoms with Crippen molar-refractivity contribution in [2.45, 2.75) is 62.0 Å². The predicted molar refractivity (Wildman–Crippen MR) is 188 cm³/mol. The zero-order chi connectivity index (χ0) is 33.9. The van der Waals surface area contributed by atoms with Crippen LogP contribution >= 0.6 is 11.8 Å². The van der Waals surface area contributed by atoms with Gasteiger partial charge in [-0.25, -0.2) is 13.8 Å². The summed E-state index contributed by atoms with van der Waals surface area (Å²) in [4.78, 5) is 39.7. The van der Waals surface area contributed by atoms with Crippen molar-refractivity contribution in [1.82, 2.24) is 19.8 Å². The molecule has 13 heteroatoms. The number of ether oxygens (including phenoxy) is 2. The van der Waals surface area contributed by atoms with Crippen molar-refractivity contribution >= 4 is 39.9 Å². The van der Waals surface area contributed by atoms with Gasteiger partial charge in [0, 0.05) is 88.0 Å². The van der Waals surface area contributed by atoms with Crippen LogP contribution in [0.5, 0.6) is 5.75 Å². The second-order valence-corrected chi connectivity index (χ2v) is 15.3. The van der Waals surface area contributed by atoms with E-state index < -0.39 is 11.4 Å². The number of nitrogen functional groups attached to an aromatic ring is 1. The lowest BCUT2D eigenvalue weighted by atomic mass is 9.90. The lowest BCUT2D eigenvalue weighted by molar-refractivity contribution is -0.135. The number of fused-ring (bicyclic) bond motifs is 1. The van der Waals surface area contributed by atoms with Gasteiger partial charge in [0.15, 0.2) is 0 Å². The molecule has 7 rings (SSSR count). The minimum Gasteiger partial charge on any atom is -0.493 e. The number of nitrogens with zero attached hydrogens (tertiary/aromatic N) is 4. The van der Waals surface area contributed by atoms with Gasteiger partial charge < -0.3 is 30.0 Å². The Balaban J connectivity index is 0.827. The van der Waals surface area contributed by atoms with Gasteiger partial charge in [-0.2, -0.15) is 11.8 Å². The minimum atomic E-state index is -0.640. The van der Waals surface area contributed by atoms with Gasteiger partial charge in [0.05, 0.1) is 23.6 Å². The molecule has 4 aliphatic rings. The molecule has 0 aliphatic carbocycles. The van der Waals surface area contributed by atoms with E-state index in [4.69, 9.17) is 15.2 Å². The summed E-state index contributed by atoms with van der Waals surface area (Å²) in [5.41, 5.74) is 6.59. The van der Waals surface area contributed by atoms with Gasteiger partial charge in [0.1, 0.15) is 28.6 Å². The molecular formula is C36H46F2N6O4S. The Bertz CT molecular complexity index is 1680. The van der Waals surface area contributed by atoms with Gasteiger partial charge >= 0.3 is 0 Å². The van der Waals surface area contributed by atoms with Crippen molar-refractivity contribution in [1.29, 1.82) is 0 Å². The molecule has 0 bridgehead atoms. The van der Waals surface area contributed by atoms with E-state index in [9.17, 15) is 18.4 Å². The second kappa shape index (κ2) is 15.2. The number of nitrogens with one attached hydrogen (secondary N) is 1. The molecular weight excluding hydrogens is 650 g/mol. The van der Waals surface area contributed by atoms with Crippen molar-refractivity contribution in [2.24, 2.45) is 11.8 Å². The molecule has 2 aromatic carbocycles. The van der Waals surface area contributed by atoms with E-state index in [-0.39, 0.29) is 23.0 Å². The van der Waals surface area contributed by atoms with E-state index in [1.807, 2.05) is 4.90 Å². The average molecular weight is 697 g/mol. The van der Waals surface area contributed by atoms with Crippen LogP contribution in [0.3, 0.4) is 0 Å². The lowest BCUT2D eigenvalue weighted by Gasteiger charge is -2.47. The standard InChI is InChI=1S/C36H46F2N6O4S/c37-29-16-25(39)1-2-32(29)42-11-5-26(6-12-42)44-19-24(20-44)15-34(45)43-9-3-23(4-10-43)21-48-27-17-30(38)35-31(18-27)40-33(41-36(35)46)22-49-28-7-13-47-14-8-28/h1-2,16-18,23-24,26,28H,3-15,19-22,39H2,(H,40,41,46). The smallest absolute Gasteiger partial charge is 0.261 e. The average Bonchev–Trinajstić information content (AvgIpc) is 3.08. The van der Waals surface area contributed by atoms with E-state index >= 15 is 0 Å². The summed E-state index contributed by atoms with van der Waals surface area (Å²) < 4.78 is 40.8. The van der Waals surface area contributed by atoms with Crippen LogP contribution in [0.4, 0.5) is 20.2 Å². The fourth-order valence-electron chi connectivity index (χ4n) is 7.67. The van der Waals surface area contributed by atoms with Gasteiger partial charge in [-0.3, -0.25) is 14.5 Å². The number of carbonyl (C=O) groups excluding carboxylic acids is 1. The molecule has 0 radical (unpaired) electrons. The molecule has 49 heavy (non-hydrogen) atoms. The largest absolute Gasteiger partial charge is 0.493 e. The summed E-state index contributed by atoms with van der Waals surface area (Å²) >= 11 is 1.74. The molecule has 5 heterocycles. The lowest BCUT2D eigenvalue weighted by Crippen LogP contribution is -2.56. The third-order valence-electron chi connectivity index (χ3n) is 10.6. The highest BCUT2D eigenvalue weighted by Crippen LogP contribution is 2.32. The fourth-order valence-corrected chi connectivity index (χ4v) is 8.72. The first kappa shape index (κ1) is 34.0. The van der Waals surface area contributed by atoms with Gasteiger partial charge in [-0.1, -0.05) is 0 Å². The number of anilines is 2. The number of rotatable bonds is 10. The zero-order valence-electron chi connectivity index (χ0n) is 27.9. The molecule has 10 nitrogen and oxygen atoms in total. The van der Waals surface area contributed by atoms with E-state index in [0.717, 1.165) is 77.9 Å². The quantitative estimate of drug-likeness (QED) is 0.289. The van der Waals surface area contributed by atoms with Crippen molar-refractivity contribution in [2.75, 3.05) is 69.7 Å². The maximum atomic E-state index is 15.0. The number of carbonyl (C=O) groups is 1. The molecule has 3 N–H and O–H groups in total. The van der Waals surface area contributed by atoms with E-state index in [2.05, 4.69) is 19.8 Å². The SMILES string of the molecule is Nc1ccc(N2CCC(N3CC(CC(=O)N4CCC(COc5cc(F)c6c(=O)[nH]c(CSC7CCOCC7)nc6c5)CC4)C3)CC2)c(F)c1. The van der Waals surface area contributed by atoms with Crippen LogP contribution in [0.2, 0.25) is 0 Å². The van der Waals surface area contributed by atoms with Crippen LogP contribution in [0, 0.1) is 23.5 Å². The number of aromatic nitrogens is 2. The maximum absolute atomic E-state index is 15.0. The Morgan fingerprint density at radius 2 is 1.73 bits per heavy atom. The summed E-state index contributed by atoms with van der Waals surface area (Å²) in [5, 5.41) is 0.410. The first-order valence-corrected chi connectivity index (χ1v) is 18.7. The highest BCUT2D eigenvalue weighted by atomic mass is 32.2. The zero-order valence-corrected chi connectivity index (χ0v) is 28.7. The van der Waals surface area contributed by atoms with Crippen LogP contribution in [-0.4, -0.2) is 96.1 Å². The highest BCUT2D eigenvalue weighted by molar-refractivity contribution is 7.99. The number of hydrogen-bond acceptors (Lipinski definition) is 9. The number of amides is 1. The van der Waals surface area contributed by atoms with Crippen molar-refractivity contribution in [3.8, 4) is 5.75 Å². The molecule has 264 valence electrons. The van der Waals surface area contributed by atoms with Crippen molar-refractivity contribution in [3.63, 3.8) is 0 Å². The Kier molecular flexibility index (Phi) is 10.6. The number of thioether (sulfide) groups is 1. The molecule has 0 saturated carbocycles. The van der Waals surface area contributed by atoms with Gasteiger partial charge in [-0.15, -0.1) is 0 Å². The number of likely N-dealkylation sites (tertiary alicyclic amines) is 2. The summed E-state index contributed by atoms with van der Waals surface area (Å²) in [7, 11) is 0. The Morgan fingerprint density at radius 3 is 2.47 bits per heavy atom. The summed E-state index contributed by atoms with van der Waals surface area (Å²) in [6, 6.07) is 8.29. The molecule has 3 aromatic rings. The summed E-state index contributed by atoms with van der Waals surface area (Å²) in [5.74, 6) is 1.40. The van der Waals surface area contributed by atoms with Crippen LogP contribution in [0.25, 0.3) is 10.9 Å². The Hall–Kier alpha value is -3.42. The molecule has 0 unspecified atom stereocenters. The second-order valence-electron chi connectivity index (χ2n) is 14.0. The number of nitrogens with two attached hydrogens (primary N) is 1. The molecule has 1 amide bonds. The first-order valence-electron chi connectivity index (χ1n) is 17.7. The van der Waals surface area contributed by atoms with Gasteiger partial charge in [0.2, 0.25) is 5.91 Å². The normalized spacial score (nSPS) is 20.5. The third kappa shape index (κ3) is 8.15. The number of benzene rings is 2. The third-order valence-corrected chi connectivity index (χ3v) is 12.0. The summed E-state index contributed by atoms with van der Waals surface area (Å²) in [6.45, 7) is 6.82. The number of H-pyrrole nitrogens is 1. The first-order chi connectivity index (χ1) is 23.8. The number of piperidine rings is 2. The topological polar surface area (TPSA) is 117 Å². The van der Waals surface area contributed by atoms with Gasteiger partial charge in [-0.05, 0) is 68.6 Å². The molecule has 0 atom stereocenters. The molecule has 4 fully saturated rings. The maximum Gasteiger partial charge on any atom is 0.261 e. The highest BCUT2D eigenvalue weighted by Gasteiger charge is 2.36. The molecule has 4 saturated heterocycles. The number of halogens is 2. The molecule has 0 spiro atoms. The van der Waals surface area contributed by atoms with E-state index in [1.165, 1.54) is 12.1 Å². The monoisotopic (exact) mass is 696 g/mol. The summed E-state index contributed by atoms with van der Waals surface area (Å²) in [6.07, 6.45) is 6.15. The minimum absolute atomic E-state index is 0.0509. The van der Waals surface area contributed by atoms with Crippen molar-refractivity contribution in [3.05, 3.63) is 58.1 Å². The van der Waals surface area contributed by atoms with E-state index in [1.54, 1.807) is 30.0 Å². The Labute approximate surface area is 289 Å². The molecule has 4 aliphatic heterocycles. The number of hydrogen-bond donors (Lipinski definition) is 2.